The molecular weight excluding hydrogens is 344 g/mol. The van der Waals surface area contributed by atoms with Gasteiger partial charge in [0, 0.05) is 29.6 Å². The third kappa shape index (κ3) is 2.04. The highest BCUT2D eigenvalue weighted by Gasteiger charge is 2.31. The molecule has 0 bridgehead atoms. The monoisotopic (exact) mass is 364 g/mol. The maximum Gasteiger partial charge on any atom is 0.137 e. The van der Waals surface area contributed by atoms with Crippen LogP contribution < -0.4 is 9.80 Å². The Hall–Kier alpha value is -3.46. The van der Waals surface area contributed by atoms with Crippen LogP contribution >= 0.6 is 0 Å². The van der Waals surface area contributed by atoms with Crippen molar-refractivity contribution in [1.29, 1.82) is 0 Å². The number of fused-ring (bicyclic) bond motifs is 5. The number of rotatable bonds is 1. The fourth-order valence-electron chi connectivity index (χ4n) is 4.50. The number of para-hydroxylation sites is 2. The molecule has 0 spiro atoms. The zero-order valence-corrected chi connectivity index (χ0v) is 15.9. The number of benzene rings is 4. The Bertz CT molecular complexity index is 1370. The van der Waals surface area contributed by atoms with Crippen molar-refractivity contribution >= 4 is 49.8 Å². The van der Waals surface area contributed by atoms with Crippen LogP contribution in [0.25, 0.3) is 32.7 Å². The largest absolute Gasteiger partial charge is 0.456 e. The SMILES string of the molecule is C[C@H]1N(C)c2ccccc2N1c1ccc2c(c1)oc1cc3ccccc3cc12. The normalized spacial score (nSPS) is 16.4. The molecule has 2 heterocycles. The summed E-state index contributed by atoms with van der Waals surface area (Å²) in [5, 5.41) is 4.79. The van der Waals surface area contributed by atoms with Crippen LogP contribution in [0.2, 0.25) is 0 Å². The van der Waals surface area contributed by atoms with E-state index in [-0.39, 0.29) is 6.17 Å². The quantitative estimate of drug-likeness (QED) is 0.331. The summed E-state index contributed by atoms with van der Waals surface area (Å²) in [5.74, 6) is 0. The molecule has 1 aliphatic heterocycles. The van der Waals surface area contributed by atoms with E-state index in [4.69, 9.17) is 4.42 Å². The van der Waals surface area contributed by atoms with Gasteiger partial charge in [-0.25, -0.2) is 0 Å². The van der Waals surface area contributed by atoms with Gasteiger partial charge in [0.25, 0.3) is 0 Å². The minimum atomic E-state index is 0.252. The van der Waals surface area contributed by atoms with Crippen LogP contribution in [0.5, 0.6) is 0 Å². The van der Waals surface area contributed by atoms with E-state index in [9.17, 15) is 0 Å². The highest BCUT2D eigenvalue weighted by atomic mass is 16.3. The molecule has 5 aromatic rings. The van der Waals surface area contributed by atoms with Crippen molar-refractivity contribution in [3.63, 3.8) is 0 Å². The summed E-state index contributed by atoms with van der Waals surface area (Å²) in [6, 6.07) is 27.9. The van der Waals surface area contributed by atoms with Crippen molar-refractivity contribution in [3.8, 4) is 0 Å². The van der Waals surface area contributed by atoms with Gasteiger partial charge in [0.2, 0.25) is 0 Å². The second kappa shape index (κ2) is 5.52. The first-order valence-corrected chi connectivity index (χ1v) is 9.67. The Morgan fingerprint density at radius 2 is 1.39 bits per heavy atom. The molecule has 0 aliphatic carbocycles. The van der Waals surface area contributed by atoms with Gasteiger partial charge in [-0.05, 0) is 54.1 Å². The minimum Gasteiger partial charge on any atom is -0.456 e. The average Bonchev–Trinajstić information content (AvgIpc) is 3.20. The van der Waals surface area contributed by atoms with Crippen molar-refractivity contribution in [2.24, 2.45) is 0 Å². The first-order valence-electron chi connectivity index (χ1n) is 9.67. The Morgan fingerprint density at radius 1 is 0.714 bits per heavy atom. The molecule has 0 amide bonds. The number of anilines is 3. The van der Waals surface area contributed by atoms with E-state index in [2.05, 4.69) is 103 Å². The van der Waals surface area contributed by atoms with E-state index in [0.717, 1.165) is 22.2 Å². The van der Waals surface area contributed by atoms with Crippen LogP contribution in [0.3, 0.4) is 0 Å². The van der Waals surface area contributed by atoms with Crippen molar-refractivity contribution < 1.29 is 4.42 Å². The van der Waals surface area contributed by atoms with Crippen molar-refractivity contribution in [3.05, 3.63) is 78.9 Å². The van der Waals surface area contributed by atoms with Gasteiger partial charge in [-0.3, -0.25) is 0 Å². The molecule has 3 nitrogen and oxygen atoms in total. The molecule has 6 rings (SSSR count). The molecule has 0 radical (unpaired) electrons. The molecule has 1 aliphatic rings. The lowest BCUT2D eigenvalue weighted by atomic mass is 10.1. The summed E-state index contributed by atoms with van der Waals surface area (Å²) in [7, 11) is 2.15. The molecule has 4 aromatic carbocycles. The molecule has 136 valence electrons. The molecule has 0 saturated carbocycles. The maximum absolute atomic E-state index is 6.27. The van der Waals surface area contributed by atoms with E-state index in [0.29, 0.717) is 0 Å². The fourth-order valence-corrected chi connectivity index (χ4v) is 4.50. The van der Waals surface area contributed by atoms with Crippen molar-refractivity contribution in [2.45, 2.75) is 13.1 Å². The number of nitrogens with zero attached hydrogens (tertiary/aromatic N) is 2. The standard InChI is InChI=1S/C25H20N2O/c1-16-26(2)22-9-5-6-10-23(22)27(16)19-11-12-20-21-13-17-7-3-4-8-18(17)14-24(21)28-25(20)15-19/h3-16H,1-2H3/t16-/m0/s1. The van der Waals surface area contributed by atoms with Crippen molar-refractivity contribution in [1.82, 2.24) is 0 Å². The van der Waals surface area contributed by atoms with Gasteiger partial charge >= 0.3 is 0 Å². The van der Waals surface area contributed by atoms with E-state index in [1.165, 1.54) is 27.5 Å². The van der Waals surface area contributed by atoms with E-state index in [1.807, 2.05) is 0 Å². The summed E-state index contributed by atoms with van der Waals surface area (Å²) in [5.41, 5.74) is 5.52. The van der Waals surface area contributed by atoms with Crippen LogP contribution in [-0.2, 0) is 0 Å². The van der Waals surface area contributed by atoms with Gasteiger partial charge in [-0.1, -0.05) is 36.4 Å². The van der Waals surface area contributed by atoms with Gasteiger partial charge in [-0.2, -0.15) is 0 Å². The highest BCUT2D eigenvalue weighted by Crippen LogP contribution is 2.44. The Balaban J connectivity index is 1.56. The van der Waals surface area contributed by atoms with Gasteiger partial charge < -0.3 is 14.2 Å². The van der Waals surface area contributed by atoms with Crippen LogP contribution in [-0.4, -0.2) is 13.2 Å². The minimum absolute atomic E-state index is 0.252. The van der Waals surface area contributed by atoms with Crippen molar-refractivity contribution in [2.75, 3.05) is 16.8 Å². The molecule has 0 saturated heterocycles. The van der Waals surface area contributed by atoms with Crippen LogP contribution in [0.15, 0.2) is 83.3 Å². The lowest BCUT2D eigenvalue weighted by Crippen LogP contribution is -2.35. The lowest BCUT2D eigenvalue weighted by molar-refractivity contribution is 0.668. The number of furan rings is 1. The molecule has 0 unspecified atom stereocenters. The Labute approximate surface area is 163 Å². The third-order valence-electron chi connectivity index (χ3n) is 6.06. The second-order valence-electron chi connectivity index (χ2n) is 7.58. The summed E-state index contributed by atoms with van der Waals surface area (Å²) in [6.07, 6.45) is 0.252. The van der Waals surface area contributed by atoms with E-state index in [1.54, 1.807) is 0 Å². The molecule has 28 heavy (non-hydrogen) atoms. The molecular formula is C25H20N2O. The van der Waals surface area contributed by atoms with Crippen LogP contribution in [0, 0.1) is 0 Å². The first kappa shape index (κ1) is 15.6. The molecule has 0 fully saturated rings. The molecule has 1 atom stereocenters. The van der Waals surface area contributed by atoms with E-state index >= 15 is 0 Å². The Kier molecular flexibility index (Phi) is 3.07. The first-order chi connectivity index (χ1) is 13.7. The topological polar surface area (TPSA) is 19.6 Å². The average molecular weight is 364 g/mol. The van der Waals surface area contributed by atoms with Gasteiger partial charge in [0.05, 0.1) is 11.4 Å². The van der Waals surface area contributed by atoms with E-state index < -0.39 is 0 Å². The second-order valence-corrected chi connectivity index (χ2v) is 7.58. The van der Waals surface area contributed by atoms with Crippen LogP contribution in [0.1, 0.15) is 6.92 Å². The van der Waals surface area contributed by atoms with Gasteiger partial charge in [-0.15, -0.1) is 0 Å². The lowest BCUT2D eigenvalue weighted by Gasteiger charge is -2.27. The predicted molar refractivity (Wildman–Crippen MR) is 118 cm³/mol. The molecule has 0 N–H and O–H groups in total. The summed E-state index contributed by atoms with van der Waals surface area (Å²) < 4.78 is 6.27. The number of hydrogen-bond acceptors (Lipinski definition) is 3. The predicted octanol–water partition coefficient (Wildman–Crippen LogP) is 6.67. The third-order valence-corrected chi connectivity index (χ3v) is 6.06. The van der Waals surface area contributed by atoms with Gasteiger partial charge in [0.15, 0.2) is 0 Å². The highest BCUT2D eigenvalue weighted by molar-refractivity contribution is 6.10. The fraction of sp³-hybridized carbons (Fsp3) is 0.120. The van der Waals surface area contributed by atoms with Gasteiger partial charge in [0.1, 0.15) is 17.3 Å². The number of hydrogen-bond donors (Lipinski definition) is 0. The zero-order chi connectivity index (χ0) is 18.8. The molecule has 3 heteroatoms. The van der Waals surface area contributed by atoms with Crippen LogP contribution in [0.4, 0.5) is 17.1 Å². The molecule has 1 aromatic heterocycles. The Morgan fingerprint density at radius 3 is 2.21 bits per heavy atom. The smallest absolute Gasteiger partial charge is 0.137 e. The maximum atomic E-state index is 6.27. The summed E-state index contributed by atoms with van der Waals surface area (Å²) >= 11 is 0. The summed E-state index contributed by atoms with van der Waals surface area (Å²) in [4.78, 5) is 4.68. The summed E-state index contributed by atoms with van der Waals surface area (Å²) in [6.45, 7) is 2.23. The zero-order valence-electron chi connectivity index (χ0n) is 15.9.